The summed E-state index contributed by atoms with van der Waals surface area (Å²) in [7, 11) is 0. The number of rotatable bonds is 2. The van der Waals surface area contributed by atoms with Crippen molar-refractivity contribution in [3.63, 3.8) is 0 Å². The van der Waals surface area contributed by atoms with E-state index in [9.17, 15) is 13.6 Å². The van der Waals surface area contributed by atoms with Gasteiger partial charge in [-0.1, -0.05) is 0 Å². The number of anilines is 1. The van der Waals surface area contributed by atoms with Crippen molar-refractivity contribution >= 4 is 27.6 Å². The fourth-order valence-electron chi connectivity index (χ4n) is 0.945. The van der Waals surface area contributed by atoms with Crippen LogP contribution in [0.5, 0.6) is 0 Å². The molecule has 0 aliphatic carbocycles. The molecule has 0 spiro atoms. The largest absolute Gasteiger partial charge is 0.338 e. The van der Waals surface area contributed by atoms with Gasteiger partial charge in [-0.25, -0.2) is 13.6 Å². The molecular formula is C9H9BrF2N2O. The SMILES string of the molecule is CCNC(=O)Nc1cc(Br)c(F)cc1F. The number of hydrogen-bond donors (Lipinski definition) is 2. The van der Waals surface area contributed by atoms with E-state index in [4.69, 9.17) is 0 Å². The van der Waals surface area contributed by atoms with Crippen LogP contribution in [0, 0.1) is 11.6 Å². The molecule has 0 fully saturated rings. The standard InChI is InChI=1S/C9H9BrF2N2O/c1-2-13-9(15)14-8-3-5(10)6(11)4-7(8)12/h3-4H,2H2,1H3,(H2,13,14,15). The zero-order valence-corrected chi connectivity index (χ0v) is 9.49. The second kappa shape index (κ2) is 5.06. The maximum Gasteiger partial charge on any atom is 0.319 e. The van der Waals surface area contributed by atoms with Crippen molar-refractivity contribution in [3.8, 4) is 0 Å². The Morgan fingerprint density at radius 3 is 2.67 bits per heavy atom. The highest BCUT2D eigenvalue weighted by molar-refractivity contribution is 9.10. The zero-order valence-electron chi connectivity index (χ0n) is 7.90. The van der Waals surface area contributed by atoms with Gasteiger partial charge < -0.3 is 10.6 Å². The minimum absolute atomic E-state index is 0.0748. The van der Waals surface area contributed by atoms with Crippen LogP contribution in [0.4, 0.5) is 19.3 Å². The fourth-order valence-corrected chi connectivity index (χ4v) is 1.29. The zero-order chi connectivity index (χ0) is 11.4. The third-order valence-corrected chi connectivity index (χ3v) is 2.20. The van der Waals surface area contributed by atoms with Crippen LogP contribution >= 0.6 is 15.9 Å². The summed E-state index contributed by atoms with van der Waals surface area (Å²) in [6.45, 7) is 2.16. The third-order valence-electron chi connectivity index (χ3n) is 1.60. The van der Waals surface area contributed by atoms with Crippen LogP contribution in [0.2, 0.25) is 0 Å². The number of carbonyl (C=O) groups is 1. The molecule has 15 heavy (non-hydrogen) atoms. The van der Waals surface area contributed by atoms with E-state index in [1.54, 1.807) is 6.92 Å². The van der Waals surface area contributed by atoms with E-state index in [1.807, 2.05) is 0 Å². The molecule has 0 radical (unpaired) electrons. The maximum atomic E-state index is 13.1. The average Bonchev–Trinajstić information content (AvgIpc) is 2.14. The summed E-state index contributed by atoms with van der Waals surface area (Å²) in [6.07, 6.45) is 0. The molecular weight excluding hydrogens is 270 g/mol. The Bertz CT molecular complexity index is 385. The van der Waals surface area contributed by atoms with Gasteiger partial charge in [-0.3, -0.25) is 0 Å². The summed E-state index contributed by atoms with van der Waals surface area (Å²) >= 11 is 2.90. The summed E-state index contributed by atoms with van der Waals surface area (Å²) in [6, 6.07) is 1.33. The second-order valence-corrected chi connectivity index (χ2v) is 3.58. The lowest BCUT2D eigenvalue weighted by molar-refractivity contribution is 0.252. The van der Waals surface area contributed by atoms with Gasteiger partial charge >= 0.3 is 6.03 Å². The first-order chi connectivity index (χ1) is 7.04. The molecule has 1 aromatic carbocycles. The van der Waals surface area contributed by atoms with Gasteiger partial charge in [-0.05, 0) is 28.9 Å². The fraction of sp³-hybridized carbons (Fsp3) is 0.222. The molecule has 3 nitrogen and oxygen atoms in total. The Balaban J connectivity index is 2.86. The predicted molar refractivity (Wildman–Crippen MR) is 56.8 cm³/mol. The monoisotopic (exact) mass is 278 g/mol. The molecule has 2 amide bonds. The lowest BCUT2D eigenvalue weighted by atomic mass is 10.3. The first kappa shape index (κ1) is 11.9. The highest BCUT2D eigenvalue weighted by atomic mass is 79.9. The third kappa shape index (κ3) is 3.16. The summed E-state index contributed by atoms with van der Waals surface area (Å²) in [5.41, 5.74) is -0.0748. The molecule has 0 atom stereocenters. The molecule has 0 saturated carbocycles. The van der Waals surface area contributed by atoms with Crippen LogP contribution in [0.1, 0.15) is 6.92 Å². The number of amides is 2. The predicted octanol–water partition coefficient (Wildman–Crippen LogP) is 2.87. The van der Waals surface area contributed by atoms with Crippen LogP contribution in [0.15, 0.2) is 16.6 Å². The summed E-state index contributed by atoms with van der Waals surface area (Å²) in [4.78, 5) is 11.1. The van der Waals surface area contributed by atoms with Crippen LogP contribution < -0.4 is 10.6 Å². The summed E-state index contributed by atoms with van der Waals surface area (Å²) in [5.74, 6) is -1.53. The van der Waals surface area contributed by atoms with E-state index in [1.165, 1.54) is 6.07 Å². The first-order valence-electron chi connectivity index (χ1n) is 4.24. The molecule has 1 aromatic rings. The topological polar surface area (TPSA) is 41.1 Å². The molecule has 0 saturated heterocycles. The minimum atomic E-state index is -0.818. The highest BCUT2D eigenvalue weighted by Gasteiger charge is 2.10. The summed E-state index contributed by atoms with van der Waals surface area (Å²) < 4.78 is 26.1. The number of hydrogen-bond acceptors (Lipinski definition) is 1. The second-order valence-electron chi connectivity index (χ2n) is 2.73. The van der Waals surface area contributed by atoms with E-state index < -0.39 is 17.7 Å². The average molecular weight is 279 g/mol. The maximum absolute atomic E-state index is 13.1. The Morgan fingerprint density at radius 1 is 1.40 bits per heavy atom. The van der Waals surface area contributed by atoms with E-state index in [-0.39, 0.29) is 10.2 Å². The van der Waals surface area contributed by atoms with Gasteiger partial charge in [0.1, 0.15) is 11.6 Å². The van der Waals surface area contributed by atoms with Gasteiger partial charge in [-0.15, -0.1) is 0 Å². The van der Waals surface area contributed by atoms with Gasteiger partial charge in [0.2, 0.25) is 0 Å². The Kier molecular flexibility index (Phi) is 4.02. The molecule has 0 heterocycles. The van der Waals surface area contributed by atoms with Crippen LogP contribution in [-0.2, 0) is 0 Å². The summed E-state index contributed by atoms with van der Waals surface area (Å²) in [5, 5.41) is 4.69. The van der Waals surface area contributed by atoms with Crippen LogP contribution in [0.3, 0.4) is 0 Å². The van der Waals surface area contributed by atoms with Crippen molar-refractivity contribution in [2.45, 2.75) is 6.92 Å². The van der Waals surface area contributed by atoms with Crippen molar-refractivity contribution in [1.29, 1.82) is 0 Å². The van der Waals surface area contributed by atoms with Crippen molar-refractivity contribution in [1.82, 2.24) is 5.32 Å². The van der Waals surface area contributed by atoms with E-state index >= 15 is 0 Å². The van der Waals surface area contributed by atoms with E-state index in [0.29, 0.717) is 12.6 Å². The minimum Gasteiger partial charge on any atom is -0.338 e. The van der Waals surface area contributed by atoms with Crippen molar-refractivity contribution in [2.75, 3.05) is 11.9 Å². The highest BCUT2D eigenvalue weighted by Crippen LogP contribution is 2.23. The smallest absolute Gasteiger partial charge is 0.319 e. The Labute approximate surface area is 94.0 Å². The molecule has 0 aromatic heterocycles. The lowest BCUT2D eigenvalue weighted by Gasteiger charge is -2.07. The molecule has 2 N–H and O–H groups in total. The lowest BCUT2D eigenvalue weighted by Crippen LogP contribution is -2.28. The molecule has 0 aliphatic rings. The number of nitrogens with one attached hydrogen (secondary N) is 2. The van der Waals surface area contributed by atoms with Crippen molar-refractivity contribution in [2.24, 2.45) is 0 Å². The van der Waals surface area contributed by atoms with Gasteiger partial charge in [0, 0.05) is 12.6 Å². The first-order valence-corrected chi connectivity index (χ1v) is 5.03. The van der Waals surface area contributed by atoms with Crippen LogP contribution in [0.25, 0.3) is 0 Å². The van der Waals surface area contributed by atoms with E-state index in [0.717, 1.165) is 0 Å². The molecule has 82 valence electrons. The number of benzene rings is 1. The molecule has 6 heteroatoms. The van der Waals surface area contributed by atoms with Gasteiger partial charge in [0.05, 0.1) is 10.2 Å². The van der Waals surface area contributed by atoms with Gasteiger partial charge in [0.25, 0.3) is 0 Å². The molecule has 0 aliphatic heterocycles. The molecule has 1 rings (SSSR count). The number of carbonyl (C=O) groups excluding carboxylic acids is 1. The Morgan fingerprint density at radius 2 is 2.07 bits per heavy atom. The van der Waals surface area contributed by atoms with Crippen molar-refractivity contribution < 1.29 is 13.6 Å². The van der Waals surface area contributed by atoms with Crippen molar-refractivity contribution in [3.05, 3.63) is 28.2 Å². The molecule has 0 unspecified atom stereocenters. The number of halogens is 3. The van der Waals surface area contributed by atoms with E-state index in [2.05, 4.69) is 26.6 Å². The molecule has 0 bridgehead atoms. The van der Waals surface area contributed by atoms with Gasteiger partial charge in [0.15, 0.2) is 0 Å². The quantitative estimate of drug-likeness (QED) is 0.803. The van der Waals surface area contributed by atoms with Crippen LogP contribution in [-0.4, -0.2) is 12.6 Å². The normalized spacial score (nSPS) is 9.87. The van der Waals surface area contributed by atoms with Gasteiger partial charge in [-0.2, -0.15) is 0 Å². The number of urea groups is 1. The Hall–Kier alpha value is -1.17.